The molecule has 7 nitrogen and oxygen atoms in total. The van der Waals surface area contributed by atoms with E-state index in [1.165, 1.54) is 11.9 Å². The van der Waals surface area contributed by atoms with Gasteiger partial charge in [-0.3, -0.25) is 9.59 Å². The molecule has 1 atom stereocenters. The number of likely N-dealkylation sites (N-methyl/N-ethyl adjacent to an activating group) is 2. The van der Waals surface area contributed by atoms with E-state index in [9.17, 15) is 18.0 Å². The van der Waals surface area contributed by atoms with Gasteiger partial charge >= 0.3 is 0 Å². The van der Waals surface area contributed by atoms with Gasteiger partial charge in [0.05, 0.1) is 11.4 Å². The molecule has 0 aliphatic carbocycles. The summed E-state index contributed by atoms with van der Waals surface area (Å²) in [6.45, 7) is 3.97. The Morgan fingerprint density at radius 1 is 0.825 bits per heavy atom. The molecule has 1 N–H and O–H groups in total. The molecule has 4 aromatic rings. The van der Waals surface area contributed by atoms with Crippen molar-refractivity contribution in [1.82, 2.24) is 14.5 Å². The first kappa shape index (κ1) is 29.0. The minimum atomic E-state index is -3.97. The second kappa shape index (κ2) is 12.9. The number of nitrogens with one attached hydrogen (secondary N) is 1. The first-order valence-corrected chi connectivity index (χ1v) is 14.7. The van der Waals surface area contributed by atoms with E-state index >= 15 is 0 Å². The Bertz CT molecular complexity index is 1570. The third-order valence-corrected chi connectivity index (χ3v) is 8.68. The van der Waals surface area contributed by atoms with Gasteiger partial charge in [0.2, 0.25) is 21.8 Å². The number of hydrogen-bond donors (Lipinski definition) is 1. The zero-order valence-electron chi connectivity index (χ0n) is 23.1. The van der Waals surface area contributed by atoms with Gasteiger partial charge in [-0.1, -0.05) is 90.5 Å². The highest BCUT2D eigenvalue weighted by Crippen LogP contribution is 2.22. The average Bonchev–Trinajstić information content (AvgIpc) is 2.96. The largest absolute Gasteiger partial charge is 0.355 e. The lowest BCUT2D eigenvalue weighted by atomic mass is 10.0. The molecule has 2 amide bonds. The van der Waals surface area contributed by atoms with Crippen molar-refractivity contribution in [2.45, 2.75) is 37.8 Å². The number of rotatable bonds is 11. The number of hydrogen-bond acceptors (Lipinski definition) is 4. The van der Waals surface area contributed by atoms with Crippen LogP contribution in [0.5, 0.6) is 0 Å². The smallest absolute Gasteiger partial charge is 0.243 e. The van der Waals surface area contributed by atoms with Crippen LogP contribution >= 0.6 is 0 Å². The number of fused-ring (bicyclic) bond motifs is 1. The molecule has 0 heterocycles. The second-order valence-electron chi connectivity index (χ2n) is 9.88. The monoisotopic (exact) mass is 557 g/mol. The molecule has 8 heteroatoms. The summed E-state index contributed by atoms with van der Waals surface area (Å²) < 4.78 is 28.1. The Balaban J connectivity index is 1.65. The van der Waals surface area contributed by atoms with Crippen LogP contribution in [0.2, 0.25) is 0 Å². The van der Waals surface area contributed by atoms with E-state index < -0.39 is 28.5 Å². The summed E-state index contributed by atoms with van der Waals surface area (Å²) in [5, 5.41) is 4.58. The number of sulfonamides is 1. The Hall–Kier alpha value is -4.01. The molecule has 0 saturated heterocycles. The summed E-state index contributed by atoms with van der Waals surface area (Å²) in [6, 6.07) is 28.8. The van der Waals surface area contributed by atoms with Crippen molar-refractivity contribution in [3.63, 3.8) is 0 Å². The summed E-state index contributed by atoms with van der Waals surface area (Å²) >= 11 is 0. The molecule has 0 spiro atoms. The van der Waals surface area contributed by atoms with Crippen LogP contribution in [0.4, 0.5) is 0 Å². The van der Waals surface area contributed by atoms with Crippen LogP contribution in [-0.2, 0) is 32.6 Å². The van der Waals surface area contributed by atoms with Gasteiger partial charge in [-0.05, 0) is 47.9 Å². The van der Waals surface area contributed by atoms with Gasteiger partial charge in [0.25, 0.3) is 0 Å². The third kappa shape index (κ3) is 6.94. The maximum Gasteiger partial charge on any atom is 0.243 e. The van der Waals surface area contributed by atoms with Gasteiger partial charge in [0.15, 0.2) is 0 Å². The Morgan fingerprint density at radius 3 is 2.15 bits per heavy atom. The lowest BCUT2D eigenvalue weighted by molar-refractivity contribution is -0.141. The van der Waals surface area contributed by atoms with Gasteiger partial charge in [-0.15, -0.1) is 0 Å². The Morgan fingerprint density at radius 2 is 1.48 bits per heavy atom. The fourth-order valence-electron chi connectivity index (χ4n) is 4.61. The van der Waals surface area contributed by atoms with E-state index in [2.05, 4.69) is 5.32 Å². The second-order valence-corrected chi connectivity index (χ2v) is 11.9. The van der Waals surface area contributed by atoms with Crippen LogP contribution in [-0.4, -0.2) is 55.6 Å². The highest BCUT2D eigenvalue weighted by molar-refractivity contribution is 7.89. The SMILES string of the molecule is CCNC(=O)[C@H](Cc1ccccc1)N(Cc1ccc(C)cc1)C(=O)CN(C)S(=O)(=O)c1ccc2ccccc2c1. The van der Waals surface area contributed by atoms with Crippen molar-refractivity contribution in [1.29, 1.82) is 0 Å². The maximum atomic E-state index is 13.9. The molecule has 40 heavy (non-hydrogen) atoms. The Labute approximate surface area is 236 Å². The fraction of sp³-hybridized carbons (Fsp3) is 0.250. The van der Waals surface area contributed by atoms with Crippen molar-refractivity contribution >= 4 is 32.6 Å². The zero-order chi connectivity index (χ0) is 28.7. The first-order valence-electron chi connectivity index (χ1n) is 13.3. The van der Waals surface area contributed by atoms with E-state index in [0.717, 1.165) is 31.8 Å². The van der Waals surface area contributed by atoms with Gasteiger partial charge in [0.1, 0.15) is 6.04 Å². The van der Waals surface area contributed by atoms with Gasteiger partial charge in [-0.2, -0.15) is 4.31 Å². The number of carbonyl (C=O) groups excluding carboxylic acids is 2. The lowest BCUT2D eigenvalue weighted by Crippen LogP contribution is -2.53. The molecule has 0 aromatic heterocycles. The minimum absolute atomic E-state index is 0.108. The molecule has 0 unspecified atom stereocenters. The normalized spacial score (nSPS) is 12.3. The topological polar surface area (TPSA) is 86.8 Å². The van der Waals surface area contributed by atoms with Crippen LogP contribution < -0.4 is 5.32 Å². The molecular weight excluding hydrogens is 522 g/mol. The van der Waals surface area contributed by atoms with Crippen LogP contribution in [0.1, 0.15) is 23.6 Å². The van der Waals surface area contributed by atoms with E-state index in [0.29, 0.717) is 13.0 Å². The third-order valence-electron chi connectivity index (χ3n) is 6.88. The summed E-state index contributed by atoms with van der Waals surface area (Å²) in [5.41, 5.74) is 2.83. The summed E-state index contributed by atoms with van der Waals surface area (Å²) in [5.74, 6) is -0.744. The number of nitrogens with zero attached hydrogens (tertiary/aromatic N) is 2. The first-order chi connectivity index (χ1) is 19.2. The van der Waals surface area contributed by atoms with Crippen LogP contribution in [0.3, 0.4) is 0 Å². The predicted octanol–water partition coefficient (Wildman–Crippen LogP) is 4.54. The van der Waals surface area contributed by atoms with Crippen molar-refractivity contribution in [3.05, 3.63) is 114 Å². The van der Waals surface area contributed by atoms with Crippen LogP contribution in [0.15, 0.2) is 102 Å². The molecule has 208 valence electrons. The zero-order valence-corrected chi connectivity index (χ0v) is 23.9. The van der Waals surface area contributed by atoms with Gasteiger partial charge < -0.3 is 10.2 Å². The predicted molar refractivity (Wildman–Crippen MR) is 158 cm³/mol. The minimum Gasteiger partial charge on any atom is -0.355 e. The number of benzene rings is 4. The quantitative estimate of drug-likeness (QED) is 0.293. The van der Waals surface area contributed by atoms with E-state index in [1.807, 2.05) is 92.7 Å². The molecule has 0 saturated carbocycles. The number of carbonyl (C=O) groups is 2. The molecule has 4 rings (SSSR count). The van der Waals surface area contributed by atoms with Crippen molar-refractivity contribution < 1.29 is 18.0 Å². The lowest BCUT2D eigenvalue weighted by Gasteiger charge is -2.32. The van der Waals surface area contributed by atoms with E-state index in [1.54, 1.807) is 18.2 Å². The molecule has 0 radical (unpaired) electrons. The molecule has 0 aliphatic rings. The van der Waals surface area contributed by atoms with Crippen molar-refractivity contribution in [3.8, 4) is 0 Å². The Kier molecular flexibility index (Phi) is 9.34. The summed E-state index contributed by atoms with van der Waals surface area (Å²) in [6.07, 6.45) is 0.297. The molecule has 0 aliphatic heterocycles. The fourth-order valence-corrected chi connectivity index (χ4v) is 5.77. The molecule has 0 fully saturated rings. The van der Waals surface area contributed by atoms with Crippen LogP contribution in [0, 0.1) is 6.92 Å². The van der Waals surface area contributed by atoms with Gasteiger partial charge in [-0.25, -0.2) is 8.42 Å². The highest BCUT2D eigenvalue weighted by Gasteiger charge is 2.33. The number of amides is 2. The number of aryl methyl sites for hydroxylation is 1. The highest BCUT2D eigenvalue weighted by atomic mass is 32.2. The van der Waals surface area contributed by atoms with Crippen molar-refractivity contribution in [2.75, 3.05) is 20.1 Å². The van der Waals surface area contributed by atoms with Gasteiger partial charge in [0, 0.05) is 26.6 Å². The molecule has 4 aromatic carbocycles. The maximum absolute atomic E-state index is 13.9. The average molecular weight is 558 g/mol. The molecule has 0 bridgehead atoms. The standard InChI is InChI=1S/C32H35N3O4S/c1-4-33-32(37)30(20-25-10-6-5-7-11-25)35(22-26-16-14-24(2)15-17-26)31(36)23-34(3)40(38,39)29-19-18-27-12-8-9-13-28(27)21-29/h5-19,21,30H,4,20,22-23H2,1-3H3,(H,33,37)/t30-/m0/s1. The van der Waals surface area contributed by atoms with Crippen molar-refractivity contribution in [2.24, 2.45) is 0 Å². The van der Waals surface area contributed by atoms with E-state index in [-0.39, 0.29) is 17.3 Å². The summed E-state index contributed by atoms with van der Waals surface area (Å²) in [4.78, 5) is 28.8. The van der Waals surface area contributed by atoms with Crippen LogP contribution in [0.25, 0.3) is 10.8 Å². The molecular formula is C32H35N3O4S. The summed E-state index contributed by atoms with van der Waals surface area (Å²) in [7, 11) is -2.57. The van der Waals surface area contributed by atoms with E-state index in [4.69, 9.17) is 0 Å².